The van der Waals surface area contributed by atoms with Crippen molar-refractivity contribution in [2.45, 2.75) is 52.4 Å². The van der Waals surface area contributed by atoms with E-state index in [1.54, 1.807) is 0 Å². The zero-order valence-corrected chi connectivity index (χ0v) is 11.2. The van der Waals surface area contributed by atoms with Crippen molar-refractivity contribution in [1.82, 2.24) is 0 Å². The Balaban J connectivity index is 2.66. The summed E-state index contributed by atoms with van der Waals surface area (Å²) in [6.07, 6.45) is 12.4. The molecule has 0 N–H and O–H groups in total. The molecule has 0 spiro atoms. The van der Waals surface area contributed by atoms with Crippen LogP contribution in [0.5, 0.6) is 0 Å². The van der Waals surface area contributed by atoms with Crippen molar-refractivity contribution in [2.75, 3.05) is 0 Å². The SMILES string of the molecule is C=C(/C=C\C(CC)C(=O)C1=CCCCC1)CC. The zero-order chi connectivity index (χ0) is 12.7. The Labute approximate surface area is 105 Å². The first-order valence-corrected chi connectivity index (χ1v) is 6.78. The second kappa shape index (κ2) is 7.26. The van der Waals surface area contributed by atoms with E-state index in [0.29, 0.717) is 5.78 Å². The molecule has 1 rings (SSSR count). The Hall–Kier alpha value is -1.11. The molecule has 1 heteroatoms. The van der Waals surface area contributed by atoms with Gasteiger partial charge in [0.1, 0.15) is 0 Å². The third-order valence-corrected chi connectivity index (χ3v) is 3.40. The van der Waals surface area contributed by atoms with E-state index in [-0.39, 0.29) is 5.92 Å². The van der Waals surface area contributed by atoms with Crippen molar-refractivity contribution >= 4 is 5.78 Å². The molecule has 1 aliphatic carbocycles. The van der Waals surface area contributed by atoms with E-state index in [9.17, 15) is 4.79 Å². The first-order chi connectivity index (χ1) is 8.19. The van der Waals surface area contributed by atoms with Gasteiger partial charge in [0.2, 0.25) is 0 Å². The van der Waals surface area contributed by atoms with E-state index in [1.165, 1.54) is 12.8 Å². The van der Waals surface area contributed by atoms with E-state index in [0.717, 1.165) is 36.8 Å². The Morgan fingerprint density at radius 2 is 2.24 bits per heavy atom. The highest BCUT2D eigenvalue weighted by Crippen LogP contribution is 2.23. The van der Waals surface area contributed by atoms with E-state index in [1.807, 2.05) is 12.2 Å². The molecule has 0 bridgehead atoms. The molecule has 0 aliphatic heterocycles. The number of ketones is 1. The molecule has 0 saturated heterocycles. The monoisotopic (exact) mass is 232 g/mol. The lowest BCUT2D eigenvalue weighted by Crippen LogP contribution is -2.15. The summed E-state index contributed by atoms with van der Waals surface area (Å²) < 4.78 is 0. The van der Waals surface area contributed by atoms with Crippen LogP contribution in [-0.2, 0) is 4.79 Å². The molecule has 0 fully saturated rings. The van der Waals surface area contributed by atoms with E-state index < -0.39 is 0 Å². The zero-order valence-electron chi connectivity index (χ0n) is 11.2. The lowest BCUT2D eigenvalue weighted by Gasteiger charge is -2.15. The van der Waals surface area contributed by atoms with Gasteiger partial charge in [-0.25, -0.2) is 0 Å². The summed E-state index contributed by atoms with van der Waals surface area (Å²) in [5, 5.41) is 0. The maximum atomic E-state index is 12.3. The van der Waals surface area contributed by atoms with Crippen LogP contribution in [0.4, 0.5) is 0 Å². The summed E-state index contributed by atoms with van der Waals surface area (Å²) in [7, 11) is 0. The normalized spacial score (nSPS) is 17.9. The van der Waals surface area contributed by atoms with Gasteiger partial charge in [-0.15, -0.1) is 0 Å². The van der Waals surface area contributed by atoms with Crippen molar-refractivity contribution in [3.63, 3.8) is 0 Å². The average Bonchev–Trinajstić information content (AvgIpc) is 2.39. The van der Waals surface area contributed by atoms with Crippen LogP contribution in [-0.4, -0.2) is 5.78 Å². The largest absolute Gasteiger partial charge is 0.294 e. The van der Waals surface area contributed by atoms with E-state index >= 15 is 0 Å². The molecule has 0 heterocycles. The van der Waals surface area contributed by atoms with Gasteiger partial charge in [-0.1, -0.05) is 44.2 Å². The number of hydrogen-bond acceptors (Lipinski definition) is 1. The molecule has 17 heavy (non-hydrogen) atoms. The number of carbonyl (C=O) groups excluding carboxylic acids is 1. The first kappa shape index (κ1) is 14.0. The van der Waals surface area contributed by atoms with Crippen LogP contribution in [0.15, 0.2) is 36.0 Å². The van der Waals surface area contributed by atoms with Crippen LogP contribution in [0.3, 0.4) is 0 Å². The van der Waals surface area contributed by atoms with Crippen LogP contribution in [0.1, 0.15) is 52.4 Å². The fraction of sp³-hybridized carbons (Fsp3) is 0.562. The molecule has 0 amide bonds. The molecule has 1 unspecified atom stereocenters. The molecule has 1 aliphatic rings. The quantitative estimate of drug-likeness (QED) is 0.611. The van der Waals surface area contributed by atoms with Gasteiger partial charge in [-0.05, 0) is 44.1 Å². The van der Waals surface area contributed by atoms with Gasteiger partial charge >= 0.3 is 0 Å². The van der Waals surface area contributed by atoms with Gasteiger partial charge in [-0.3, -0.25) is 4.79 Å². The van der Waals surface area contributed by atoms with Gasteiger partial charge in [0.05, 0.1) is 0 Å². The smallest absolute Gasteiger partial charge is 0.165 e. The highest BCUT2D eigenvalue weighted by atomic mass is 16.1. The van der Waals surface area contributed by atoms with Crippen LogP contribution < -0.4 is 0 Å². The highest BCUT2D eigenvalue weighted by molar-refractivity contribution is 5.98. The van der Waals surface area contributed by atoms with Gasteiger partial charge in [-0.2, -0.15) is 0 Å². The average molecular weight is 232 g/mol. The molecule has 0 aromatic carbocycles. The number of carbonyl (C=O) groups is 1. The predicted octanol–water partition coefficient (Wildman–Crippen LogP) is 4.60. The summed E-state index contributed by atoms with van der Waals surface area (Å²) in [6, 6.07) is 0. The molecule has 1 atom stereocenters. The molecule has 0 aromatic heterocycles. The summed E-state index contributed by atoms with van der Waals surface area (Å²) in [5.41, 5.74) is 2.14. The third-order valence-electron chi connectivity index (χ3n) is 3.40. The minimum Gasteiger partial charge on any atom is -0.294 e. The minimum atomic E-state index is 0.0441. The maximum Gasteiger partial charge on any atom is 0.165 e. The second-order valence-electron chi connectivity index (χ2n) is 4.73. The first-order valence-electron chi connectivity index (χ1n) is 6.78. The molecule has 0 aromatic rings. The molecule has 0 saturated carbocycles. The predicted molar refractivity (Wildman–Crippen MR) is 73.9 cm³/mol. The lowest BCUT2D eigenvalue weighted by molar-refractivity contribution is -0.118. The van der Waals surface area contributed by atoms with Crippen LogP contribution in [0.2, 0.25) is 0 Å². The van der Waals surface area contributed by atoms with Gasteiger partial charge in [0.15, 0.2) is 5.78 Å². The lowest BCUT2D eigenvalue weighted by atomic mass is 9.88. The van der Waals surface area contributed by atoms with Gasteiger partial charge in [0.25, 0.3) is 0 Å². The molecular weight excluding hydrogens is 208 g/mol. The molecule has 0 radical (unpaired) electrons. The number of hydrogen-bond donors (Lipinski definition) is 0. The molecular formula is C16H24O. The number of Topliss-reactive ketones (excluding diaryl/α,β-unsaturated/α-hetero) is 1. The highest BCUT2D eigenvalue weighted by Gasteiger charge is 2.18. The van der Waals surface area contributed by atoms with E-state index in [4.69, 9.17) is 0 Å². The van der Waals surface area contributed by atoms with Crippen LogP contribution in [0, 0.1) is 5.92 Å². The Morgan fingerprint density at radius 3 is 2.76 bits per heavy atom. The fourth-order valence-electron chi connectivity index (χ4n) is 2.08. The molecule has 1 nitrogen and oxygen atoms in total. The maximum absolute atomic E-state index is 12.3. The Morgan fingerprint density at radius 1 is 1.47 bits per heavy atom. The minimum absolute atomic E-state index is 0.0441. The van der Waals surface area contributed by atoms with Crippen LogP contribution >= 0.6 is 0 Å². The van der Waals surface area contributed by atoms with Gasteiger partial charge < -0.3 is 0 Å². The number of rotatable bonds is 6. The second-order valence-corrected chi connectivity index (χ2v) is 4.73. The fourth-order valence-corrected chi connectivity index (χ4v) is 2.08. The van der Waals surface area contributed by atoms with Crippen molar-refractivity contribution in [3.05, 3.63) is 36.0 Å². The topological polar surface area (TPSA) is 17.1 Å². The summed E-state index contributed by atoms with van der Waals surface area (Å²) in [4.78, 5) is 12.3. The standard InChI is InChI=1S/C16H24O/c1-4-13(3)11-12-14(5-2)16(17)15-9-7-6-8-10-15/h9,11-12,14H,3-8,10H2,1-2H3/b12-11-. The third kappa shape index (κ3) is 4.33. The number of allylic oxidation sites excluding steroid dienone is 5. The molecule has 94 valence electrons. The Kier molecular flexibility index (Phi) is 5.96. The summed E-state index contributed by atoms with van der Waals surface area (Å²) in [5.74, 6) is 0.370. The van der Waals surface area contributed by atoms with E-state index in [2.05, 4.69) is 26.5 Å². The van der Waals surface area contributed by atoms with Crippen molar-refractivity contribution in [2.24, 2.45) is 5.92 Å². The van der Waals surface area contributed by atoms with Crippen molar-refractivity contribution < 1.29 is 4.79 Å². The Bertz CT molecular complexity index is 333. The van der Waals surface area contributed by atoms with Crippen molar-refractivity contribution in [1.29, 1.82) is 0 Å². The van der Waals surface area contributed by atoms with Crippen LogP contribution in [0.25, 0.3) is 0 Å². The van der Waals surface area contributed by atoms with Crippen molar-refractivity contribution in [3.8, 4) is 0 Å². The summed E-state index contributed by atoms with van der Waals surface area (Å²) >= 11 is 0. The summed E-state index contributed by atoms with van der Waals surface area (Å²) in [6.45, 7) is 8.10. The van der Waals surface area contributed by atoms with Gasteiger partial charge in [0, 0.05) is 5.92 Å².